The Balaban J connectivity index is 1.58. The molecule has 0 spiro atoms. The molecule has 24 heavy (non-hydrogen) atoms. The molecule has 1 aliphatic rings. The van der Waals surface area contributed by atoms with Crippen molar-refractivity contribution in [3.8, 4) is 0 Å². The second-order valence-electron chi connectivity index (χ2n) is 6.40. The van der Waals surface area contributed by atoms with E-state index in [1.54, 1.807) is 0 Å². The highest BCUT2D eigenvalue weighted by atomic mass is 16.2. The SMILES string of the molecule is Cc1cccc(C)c1NC(=O)CN1CC=C(c2ccccc2)CC1. The van der Waals surface area contributed by atoms with Crippen LogP contribution in [0.2, 0.25) is 0 Å². The van der Waals surface area contributed by atoms with E-state index in [2.05, 4.69) is 40.6 Å². The molecule has 2 aromatic rings. The van der Waals surface area contributed by atoms with Crippen LogP contribution in [0.1, 0.15) is 23.1 Å². The highest BCUT2D eigenvalue weighted by molar-refractivity contribution is 5.93. The van der Waals surface area contributed by atoms with Crippen molar-refractivity contribution in [2.24, 2.45) is 0 Å². The number of rotatable bonds is 4. The van der Waals surface area contributed by atoms with Crippen LogP contribution < -0.4 is 5.32 Å². The zero-order valence-electron chi connectivity index (χ0n) is 14.4. The minimum atomic E-state index is 0.0592. The van der Waals surface area contributed by atoms with Crippen molar-refractivity contribution < 1.29 is 4.79 Å². The summed E-state index contributed by atoms with van der Waals surface area (Å²) in [7, 11) is 0. The van der Waals surface area contributed by atoms with Gasteiger partial charge in [0.15, 0.2) is 0 Å². The highest BCUT2D eigenvalue weighted by Crippen LogP contribution is 2.22. The van der Waals surface area contributed by atoms with Crippen LogP contribution in [0.25, 0.3) is 5.57 Å². The fraction of sp³-hybridized carbons (Fsp3) is 0.286. The van der Waals surface area contributed by atoms with Crippen LogP contribution in [0, 0.1) is 13.8 Å². The van der Waals surface area contributed by atoms with Gasteiger partial charge < -0.3 is 5.32 Å². The summed E-state index contributed by atoms with van der Waals surface area (Å²) in [5.41, 5.74) is 5.82. The van der Waals surface area contributed by atoms with Crippen molar-refractivity contribution in [1.82, 2.24) is 4.90 Å². The monoisotopic (exact) mass is 320 g/mol. The van der Waals surface area contributed by atoms with Crippen LogP contribution in [0.15, 0.2) is 54.6 Å². The van der Waals surface area contributed by atoms with Gasteiger partial charge in [-0.25, -0.2) is 0 Å². The van der Waals surface area contributed by atoms with Crippen molar-refractivity contribution in [3.05, 3.63) is 71.3 Å². The Hall–Kier alpha value is -2.39. The fourth-order valence-corrected chi connectivity index (χ4v) is 3.16. The second kappa shape index (κ2) is 7.45. The van der Waals surface area contributed by atoms with Crippen LogP contribution in [0.3, 0.4) is 0 Å². The minimum Gasteiger partial charge on any atom is -0.324 e. The third-order valence-corrected chi connectivity index (χ3v) is 4.55. The van der Waals surface area contributed by atoms with E-state index < -0.39 is 0 Å². The number of para-hydroxylation sites is 1. The fourth-order valence-electron chi connectivity index (χ4n) is 3.16. The van der Waals surface area contributed by atoms with Gasteiger partial charge in [0.1, 0.15) is 0 Å². The van der Waals surface area contributed by atoms with E-state index in [1.165, 1.54) is 11.1 Å². The number of anilines is 1. The van der Waals surface area contributed by atoms with E-state index in [4.69, 9.17) is 0 Å². The summed E-state index contributed by atoms with van der Waals surface area (Å²) in [5, 5.41) is 3.07. The van der Waals surface area contributed by atoms with E-state index >= 15 is 0 Å². The summed E-state index contributed by atoms with van der Waals surface area (Å²) in [6, 6.07) is 16.5. The Bertz CT molecular complexity index is 729. The number of hydrogen-bond donors (Lipinski definition) is 1. The highest BCUT2D eigenvalue weighted by Gasteiger charge is 2.16. The lowest BCUT2D eigenvalue weighted by Gasteiger charge is -2.26. The number of aryl methyl sites for hydroxylation is 2. The molecule has 124 valence electrons. The first kappa shape index (κ1) is 16.5. The smallest absolute Gasteiger partial charge is 0.238 e. The first-order valence-corrected chi connectivity index (χ1v) is 8.46. The summed E-state index contributed by atoms with van der Waals surface area (Å²) < 4.78 is 0. The lowest BCUT2D eigenvalue weighted by molar-refractivity contribution is -0.117. The van der Waals surface area contributed by atoms with Crippen molar-refractivity contribution in [1.29, 1.82) is 0 Å². The van der Waals surface area contributed by atoms with E-state index in [0.717, 1.165) is 36.3 Å². The Labute approximate surface area is 144 Å². The summed E-state index contributed by atoms with van der Waals surface area (Å²) in [4.78, 5) is 14.6. The molecule has 2 aromatic carbocycles. The van der Waals surface area contributed by atoms with Crippen molar-refractivity contribution >= 4 is 17.2 Å². The van der Waals surface area contributed by atoms with Gasteiger partial charge in [-0.05, 0) is 42.5 Å². The predicted molar refractivity (Wildman–Crippen MR) is 100 cm³/mol. The summed E-state index contributed by atoms with van der Waals surface area (Å²) in [6.45, 7) is 6.23. The standard InChI is InChI=1S/C21H24N2O/c1-16-7-6-8-17(2)21(16)22-20(24)15-23-13-11-19(12-14-23)18-9-4-3-5-10-18/h3-11H,12-15H2,1-2H3,(H,22,24). The molecule has 0 saturated carbocycles. The maximum absolute atomic E-state index is 12.4. The zero-order chi connectivity index (χ0) is 16.9. The van der Waals surface area contributed by atoms with Crippen LogP contribution in [0.4, 0.5) is 5.69 Å². The van der Waals surface area contributed by atoms with Gasteiger partial charge >= 0.3 is 0 Å². The van der Waals surface area contributed by atoms with Gasteiger partial charge in [-0.2, -0.15) is 0 Å². The van der Waals surface area contributed by atoms with Crippen LogP contribution >= 0.6 is 0 Å². The molecule has 3 heteroatoms. The third kappa shape index (κ3) is 3.92. The van der Waals surface area contributed by atoms with Gasteiger partial charge in [0.25, 0.3) is 0 Å². The van der Waals surface area contributed by atoms with Crippen LogP contribution in [0.5, 0.6) is 0 Å². The molecule has 1 heterocycles. The maximum atomic E-state index is 12.4. The molecule has 1 N–H and O–H groups in total. The minimum absolute atomic E-state index is 0.0592. The van der Waals surface area contributed by atoms with E-state index in [0.29, 0.717) is 6.54 Å². The number of nitrogens with zero attached hydrogens (tertiary/aromatic N) is 1. The second-order valence-corrected chi connectivity index (χ2v) is 6.40. The van der Waals surface area contributed by atoms with E-state index in [1.807, 2.05) is 38.1 Å². The molecule has 0 bridgehead atoms. The van der Waals surface area contributed by atoms with E-state index in [-0.39, 0.29) is 5.91 Å². The van der Waals surface area contributed by atoms with Crippen molar-refractivity contribution in [2.45, 2.75) is 20.3 Å². The number of carbonyl (C=O) groups is 1. The first-order valence-electron chi connectivity index (χ1n) is 8.46. The Morgan fingerprint density at radius 1 is 1.04 bits per heavy atom. The van der Waals surface area contributed by atoms with Crippen molar-refractivity contribution in [3.63, 3.8) is 0 Å². The van der Waals surface area contributed by atoms with Gasteiger partial charge in [0, 0.05) is 18.8 Å². The topological polar surface area (TPSA) is 32.3 Å². The normalized spacial score (nSPS) is 15.0. The molecule has 0 fully saturated rings. The molecular weight excluding hydrogens is 296 g/mol. The molecule has 0 atom stereocenters. The Morgan fingerprint density at radius 3 is 2.38 bits per heavy atom. The predicted octanol–water partition coefficient (Wildman–Crippen LogP) is 4.03. The van der Waals surface area contributed by atoms with Gasteiger partial charge in [-0.15, -0.1) is 0 Å². The molecule has 0 saturated heterocycles. The Morgan fingerprint density at radius 2 is 1.75 bits per heavy atom. The lowest BCUT2D eigenvalue weighted by Crippen LogP contribution is -2.36. The molecule has 3 rings (SSSR count). The summed E-state index contributed by atoms with van der Waals surface area (Å²) in [5.74, 6) is 0.0592. The van der Waals surface area contributed by atoms with Gasteiger partial charge in [0.2, 0.25) is 5.91 Å². The van der Waals surface area contributed by atoms with Gasteiger partial charge in [-0.1, -0.05) is 54.6 Å². The molecule has 0 aliphatic carbocycles. The van der Waals surface area contributed by atoms with Crippen LogP contribution in [-0.2, 0) is 4.79 Å². The molecule has 1 amide bonds. The molecule has 3 nitrogen and oxygen atoms in total. The number of amides is 1. The quantitative estimate of drug-likeness (QED) is 0.922. The average Bonchev–Trinajstić information content (AvgIpc) is 2.60. The van der Waals surface area contributed by atoms with Crippen LogP contribution in [-0.4, -0.2) is 30.4 Å². The number of benzene rings is 2. The molecule has 1 aliphatic heterocycles. The summed E-state index contributed by atoms with van der Waals surface area (Å²) in [6.07, 6.45) is 3.23. The zero-order valence-corrected chi connectivity index (χ0v) is 14.4. The number of carbonyl (C=O) groups excluding carboxylic acids is 1. The van der Waals surface area contributed by atoms with Gasteiger partial charge in [0.05, 0.1) is 6.54 Å². The molecule has 0 aromatic heterocycles. The largest absolute Gasteiger partial charge is 0.324 e. The van der Waals surface area contributed by atoms with Crippen molar-refractivity contribution in [2.75, 3.05) is 25.0 Å². The number of nitrogens with one attached hydrogen (secondary N) is 1. The lowest BCUT2D eigenvalue weighted by atomic mass is 9.99. The molecular formula is C21H24N2O. The van der Waals surface area contributed by atoms with Gasteiger partial charge in [-0.3, -0.25) is 9.69 Å². The average molecular weight is 320 g/mol. The third-order valence-electron chi connectivity index (χ3n) is 4.55. The molecule has 0 radical (unpaired) electrons. The van der Waals surface area contributed by atoms with E-state index in [9.17, 15) is 4.79 Å². The first-order chi connectivity index (χ1) is 11.6. The Kier molecular flexibility index (Phi) is 5.11. The maximum Gasteiger partial charge on any atom is 0.238 e. The molecule has 0 unspecified atom stereocenters. The number of hydrogen-bond acceptors (Lipinski definition) is 2. The summed E-state index contributed by atoms with van der Waals surface area (Å²) >= 11 is 0.